The Labute approximate surface area is 234 Å². The van der Waals surface area contributed by atoms with Gasteiger partial charge in [-0.05, 0) is 45.3 Å². The van der Waals surface area contributed by atoms with Crippen LogP contribution in [0.15, 0.2) is 24.3 Å². The van der Waals surface area contributed by atoms with Gasteiger partial charge in [0.1, 0.15) is 6.04 Å². The van der Waals surface area contributed by atoms with E-state index >= 15 is 0 Å². The van der Waals surface area contributed by atoms with Gasteiger partial charge in [0, 0.05) is 33.2 Å². The predicted octanol–water partition coefficient (Wildman–Crippen LogP) is 3.13. The normalized spacial score (nSPS) is 20.2. The summed E-state index contributed by atoms with van der Waals surface area (Å²) < 4.78 is 11.6. The Kier molecular flexibility index (Phi) is 12.9. The molecule has 0 spiro atoms. The number of benzene rings is 1. The van der Waals surface area contributed by atoms with Gasteiger partial charge in [-0.2, -0.15) is 0 Å². The molecule has 0 aliphatic carbocycles. The van der Waals surface area contributed by atoms with E-state index in [1.54, 1.807) is 21.1 Å². The van der Waals surface area contributed by atoms with Crippen molar-refractivity contribution in [2.45, 2.75) is 90.1 Å². The molecule has 0 radical (unpaired) electrons. The number of ether oxygens (including phenoxy) is 2. The summed E-state index contributed by atoms with van der Waals surface area (Å²) in [5.74, 6) is -1.81. The molecule has 1 aromatic carbocycles. The van der Waals surface area contributed by atoms with Crippen LogP contribution in [0.4, 0.5) is 0 Å². The molecule has 9 nitrogen and oxygen atoms in total. The van der Waals surface area contributed by atoms with E-state index in [1.807, 2.05) is 50.2 Å². The van der Waals surface area contributed by atoms with Crippen LogP contribution in [0.25, 0.3) is 0 Å². The second-order valence-electron chi connectivity index (χ2n) is 11.2. The fourth-order valence-corrected chi connectivity index (χ4v) is 5.83. The number of hydrogen-bond acceptors (Lipinski definition) is 6. The number of likely N-dealkylation sites (N-methyl/N-ethyl adjacent to an activating group) is 1. The van der Waals surface area contributed by atoms with Gasteiger partial charge >= 0.3 is 5.97 Å². The second-order valence-corrected chi connectivity index (χ2v) is 11.2. The zero-order chi connectivity index (χ0) is 29.3. The number of nitrogens with one attached hydrogen (secondary N) is 1. The van der Waals surface area contributed by atoms with E-state index in [0.29, 0.717) is 18.9 Å². The molecule has 1 aromatic rings. The second kappa shape index (κ2) is 15.3. The minimum absolute atomic E-state index is 0.0167. The summed E-state index contributed by atoms with van der Waals surface area (Å²) in [6, 6.07) is 6.34. The van der Waals surface area contributed by atoms with Gasteiger partial charge in [0.2, 0.25) is 11.8 Å². The number of rotatable bonds is 15. The predicted molar refractivity (Wildman–Crippen MR) is 151 cm³/mol. The van der Waals surface area contributed by atoms with Crippen LogP contribution >= 0.6 is 0 Å². The van der Waals surface area contributed by atoms with Crippen molar-refractivity contribution in [1.82, 2.24) is 15.1 Å². The summed E-state index contributed by atoms with van der Waals surface area (Å²) in [6.45, 7) is 8.60. The van der Waals surface area contributed by atoms with Crippen LogP contribution in [0.5, 0.6) is 0 Å². The van der Waals surface area contributed by atoms with E-state index in [1.165, 1.54) is 0 Å². The molecule has 2 amide bonds. The molecule has 0 saturated carbocycles. The third-order valence-electron chi connectivity index (χ3n) is 8.24. The van der Waals surface area contributed by atoms with Crippen molar-refractivity contribution in [2.24, 2.45) is 11.8 Å². The van der Waals surface area contributed by atoms with Gasteiger partial charge in [0.15, 0.2) is 0 Å². The Bertz CT molecular complexity index is 937. The van der Waals surface area contributed by atoms with Crippen molar-refractivity contribution in [2.75, 3.05) is 34.9 Å². The maximum absolute atomic E-state index is 13.6. The third-order valence-corrected chi connectivity index (χ3v) is 8.24. The van der Waals surface area contributed by atoms with Crippen molar-refractivity contribution >= 4 is 17.8 Å². The van der Waals surface area contributed by atoms with Gasteiger partial charge in [-0.3, -0.25) is 9.59 Å². The molecule has 1 heterocycles. The number of methoxy groups -OCH3 is 2. The van der Waals surface area contributed by atoms with E-state index in [-0.39, 0.29) is 36.9 Å². The number of aryl methyl sites for hydroxylation is 1. The van der Waals surface area contributed by atoms with Gasteiger partial charge in [-0.1, -0.05) is 57.0 Å². The number of nitrogens with zero attached hydrogens (tertiary/aromatic N) is 2. The maximum Gasteiger partial charge on any atom is 0.326 e. The third kappa shape index (κ3) is 8.75. The molecule has 1 fully saturated rings. The lowest BCUT2D eigenvalue weighted by Crippen LogP contribution is -2.53. The molecule has 0 bridgehead atoms. The zero-order valence-corrected chi connectivity index (χ0v) is 25.0. The molecule has 1 aliphatic heterocycles. The molecule has 7 atom stereocenters. The Morgan fingerprint density at radius 1 is 1.13 bits per heavy atom. The van der Waals surface area contributed by atoms with Crippen LogP contribution in [-0.2, 0) is 30.3 Å². The molecule has 2 rings (SSSR count). The van der Waals surface area contributed by atoms with Crippen LogP contribution in [-0.4, -0.2) is 97.9 Å². The molecule has 1 aliphatic rings. The summed E-state index contributed by atoms with van der Waals surface area (Å²) in [5.41, 5.74) is 1.91. The summed E-state index contributed by atoms with van der Waals surface area (Å²) in [7, 11) is 7.21. The lowest BCUT2D eigenvalue weighted by atomic mass is 9.90. The van der Waals surface area contributed by atoms with Crippen molar-refractivity contribution in [3.05, 3.63) is 35.4 Å². The number of hydrogen-bond donors (Lipinski definition) is 2. The minimum atomic E-state index is -1.09. The van der Waals surface area contributed by atoms with Crippen molar-refractivity contribution in [3.8, 4) is 0 Å². The van der Waals surface area contributed by atoms with E-state index < -0.39 is 29.9 Å². The highest BCUT2D eigenvalue weighted by Crippen LogP contribution is 2.29. The van der Waals surface area contributed by atoms with Crippen molar-refractivity contribution in [3.63, 3.8) is 0 Å². The first kappa shape index (κ1) is 32.7. The Balaban J connectivity index is 2.13. The Morgan fingerprint density at radius 2 is 1.77 bits per heavy atom. The monoisotopic (exact) mass is 547 g/mol. The largest absolute Gasteiger partial charge is 0.480 e. The minimum Gasteiger partial charge on any atom is -0.480 e. The van der Waals surface area contributed by atoms with Gasteiger partial charge in [0.25, 0.3) is 0 Å². The molecule has 4 unspecified atom stereocenters. The Morgan fingerprint density at radius 3 is 2.28 bits per heavy atom. The molecule has 39 heavy (non-hydrogen) atoms. The van der Waals surface area contributed by atoms with Crippen molar-refractivity contribution in [1.29, 1.82) is 0 Å². The quantitative estimate of drug-likeness (QED) is 0.347. The molecule has 0 aromatic heterocycles. The first-order valence-electron chi connectivity index (χ1n) is 14.0. The van der Waals surface area contributed by atoms with Crippen LogP contribution < -0.4 is 5.32 Å². The number of carboxylic acids is 1. The summed E-state index contributed by atoms with van der Waals surface area (Å²) >= 11 is 0. The number of carbonyl (C=O) groups is 3. The first-order valence-corrected chi connectivity index (χ1v) is 14.0. The summed E-state index contributed by atoms with van der Waals surface area (Å²) in [5, 5.41) is 12.5. The average Bonchev–Trinajstić information content (AvgIpc) is 3.38. The fourth-order valence-electron chi connectivity index (χ4n) is 5.83. The Hall–Kier alpha value is -2.49. The lowest BCUT2D eigenvalue weighted by molar-refractivity contribution is -0.145. The van der Waals surface area contributed by atoms with Crippen LogP contribution in [0.1, 0.15) is 57.6 Å². The fraction of sp³-hybridized carbons (Fsp3) is 0.700. The van der Waals surface area contributed by atoms with E-state index in [0.717, 1.165) is 24.0 Å². The van der Waals surface area contributed by atoms with E-state index in [4.69, 9.17) is 9.47 Å². The highest BCUT2D eigenvalue weighted by atomic mass is 16.5. The molecule has 220 valence electrons. The standard InChI is InChI=1S/C30H49N3O6/c1-9-20(3)27(32(5)6)25(38-7)18-26(34)33-16-10-11-24(33)28(39-8)21(4)29(35)31-23(30(36)37)17-22-14-12-19(2)13-15-22/h12-15,20-21,23-25,27-28H,9-11,16-18H2,1-8H3,(H,31,35)(H,36,37)/t20?,21?,23-,24-,25?,27-,28?/m0/s1. The topological polar surface area (TPSA) is 108 Å². The SMILES string of the molecule is CCC(C)[C@@H](C(CC(=O)N1CCC[C@H]1C(OC)C(C)C(=O)N[C@@H](Cc1ccc(C)cc1)C(=O)O)OC)N(C)C. The number of carboxylic acid groups (broad SMARTS) is 1. The highest BCUT2D eigenvalue weighted by molar-refractivity contribution is 5.85. The van der Waals surface area contributed by atoms with Crippen LogP contribution in [0.3, 0.4) is 0 Å². The summed E-state index contributed by atoms with van der Waals surface area (Å²) in [6.07, 6.45) is 2.11. The van der Waals surface area contributed by atoms with Gasteiger partial charge < -0.3 is 29.7 Å². The number of amides is 2. The molecular formula is C30H49N3O6. The van der Waals surface area contributed by atoms with E-state index in [9.17, 15) is 19.5 Å². The molecule has 9 heteroatoms. The zero-order valence-electron chi connectivity index (χ0n) is 25.0. The maximum atomic E-state index is 13.6. The van der Waals surface area contributed by atoms with Gasteiger partial charge in [0.05, 0.1) is 30.6 Å². The molecule has 1 saturated heterocycles. The smallest absolute Gasteiger partial charge is 0.326 e. The highest BCUT2D eigenvalue weighted by Gasteiger charge is 2.41. The average molecular weight is 548 g/mol. The van der Waals surface area contributed by atoms with Gasteiger partial charge in [-0.25, -0.2) is 4.79 Å². The van der Waals surface area contributed by atoms with E-state index in [2.05, 4.69) is 24.1 Å². The number of carbonyl (C=O) groups excluding carboxylic acids is 2. The summed E-state index contributed by atoms with van der Waals surface area (Å²) in [4.78, 5) is 42.7. The first-order chi connectivity index (χ1) is 18.4. The molecule has 2 N–H and O–H groups in total. The number of likely N-dealkylation sites (tertiary alicyclic amines) is 1. The lowest BCUT2D eigenvalue weighted by Gasteiger charge is -2.38. The molecular weight excluding hydrogens is 498 g/mol. The van der Waals surface area contributed by atoms with Gasteiger partial charge in [-0.15, -0.1) is 0 Å². The number of aliphatic carboxylic acids is 1. The van der Waals surface area contributed by atoms with Crippen LogP contribution in [0.2, 0.25) is 0 Å². The van der Waals surface area contributed by atoms with Crippen molar-refractivity contribution < 1.29 is 29.0 Å². The van der Waals surface area contributed by atoms with Crippen LogP contribution in [0, 0.1) is 18.8 Å².